The number of piperidine rings is 1. The van der Waals surface area contributed by atoms with E-state index in [4.69, 9.17) is 0 Å². The molecule has 1 unspecified atom stereocenters. The van der Waals surface area contributed by atoms with E-state index in [0.29, 0.717) is 6.54 Å². The molecule has 0 amide bonds. The molecule has 2 fully saturated rings. The molecule has 0 aromatic heterocycles. The van der Waals surface area contributed by atoms with Gasteiger partial charge in [0.25, 0.3) is 0 Å². The molecule has 0 aliphatic carbocycles. The van der Waals surface area contributed by atoms with Crippen molar-refractivity contribution in [3.63, 3.8) is 0 Å². The molecule has 2 nitrogen and oxygen atoms in total. The number of halogens is 2. The van der Waals surface area contributed by atoms with Crippen molar-refractivity contribution in [2.75, 3.05) is 32.7 Å². The van der Waals surface area contributed by atoms with Crippen molar-refractivity contribution < 1.29 is 4.39 Å². The van der Waals surface area contributed by atoms with Gasteiger partial charge in [-0.2, -0.15) is 0 Å². The van der Waals surface area contributed by atoms with E-state index in [1.165, 1.54) is 12.8 Å². The Morgan fingerprint density at radius 1 is 1.40 bits per heavy atom. The third kappa shape index (κ3) is 3.89. The fourth-order valence-corrected chi connectivity index (χ4v) is 2.60. The summed E-state index contributed by atoms with van der Waals surface area (Å²) in [5.41, 5.74) is -0.924. The fraction of sp³-hybridized carbons (Fsp3) is 1.00. The molecule has 0 aromatic rings. The number of hydrogen-bond donors (Lipinski definition) is 1. The number of nitrogens with one attached hydrogen (secondary N) is 1. The lowest BCUT2D eigenvalue weighted by Crippen LogP contribution is -2.36. The number of rotatable bonds is 2. The van der Waals surface area contributed by atoms with Gasteiger partial charge in [0.05, 0.1) is 0 Å². The quantitative estimate of drug-likeness (QED) is 0.787. The summed E-state index contributed by atoms with van der Waals surface area (Å²) in [6.07, 6.45) is 3.25. The number of hydrogen-bond acceptors (Lipinski definition) is 2. The first-order chi connectivity index (χ1) is 6.66. The number of nitrogens with zero attached hydrogens (tertiary/aromatic N) is 1. The standard InChI is InChI=1S/C11H21FN2.ClH/c1-11(12)4-7-14(9-11)8-10-2-5-13-6-3-10;/h10,13H,2-9H2,1H3;1H. The highest BCUT2D eigenvalue weighted by molar-refractivity contribution is 5.85. The smallest absolute Gasteiger partial charge is 0.122 e. The second-order valence-electron chi connectivity index (χ2n) is 5.09. The SMILES string of the molecule is CC1(F)CCN(CC2CCNCC2)C1.Cl. The Labute approximate surface area is 98.0 Å². The maximum absolute atomic E-state index is 13.6. The zero-order valence-electron chi connectivity index (χ0n) is 9.47. The molecule has 0 aromatic carbocycles. The van der Waals surface area contributed by atoms with Gasteiger partial charge in [-0.1, -0.05) is 0 Å². The normalized spacial score (nSPS) is 34.0. The summed E-state index contributed by atoms with van der Waals surface area (Å²) in [6.45, 7) is 6.74. The van der Waals surface area contributed by atoms with Gasteiger partial charge in [-0.25, -0.2) is 4.39 Å². The van der Waals surface area contributed by atoms with Crippen LogP contribution in [0.4, 0.5) is 4.39 Å². The molecular formula is C11H22ClFN2. The number of alkyl halides is 1. The van der Waals surface area contributed by atoms with E-state index in [-0.39, 0.29) is 12.4 Å². The Balaban J connectivity index is 0.00000112. The van der Waals surface area contributed by atoms with Gasteiger partial charge in [0, 0.05) is 19.6 Å². The van der Waals surface area contributed by atoms with Gasteiger partial charge < -0.3 is 5.32 Å². The molecule has 2 rings (SSSR count). The average Bonchev–Trinajstić information content (AvgIpc) is 2.47. The van der Waals surface area contributed by atoms with Gasteiger partial charge in [-0.15, -0.1) is 12.4 Å². The monoisotopic (exact) mass is 236 g/mol. The number of likely N-dealkylation sites (tertiary alicyclic amines) is 1. The molecule has 2 aliphatic heterocycles. The third-order valence-electron chi connectivity index (χ3n) is 3.48. The Kier molecular flexibility index (Phi) is 4.81. The first-order valence-electron chi connectivity index (χ1n) is 5.78. The third-order valence-corrected chi connectivity index (χ3v) is 3.48. The highest BCUT2D eigenvalue weighted by atomic mass is 35.5. The van der Waals surface area contributed by atoms with Crippen LogP contribution in [0.15, 0.2) is 0 Å². The van der Waals surface area contributed by atoms with Crippen molar-refractivity contribution in [3.05, 3.63) is 0 Å². The molecule has 2 heterocycles. The lowest BCUT2D eigenvalue weighted by atomic mass is 9.98. The summed E-state index contributed by atoms with van der Waals surface area (Å²) >= 11 is 0. The Hall–Kier alpha value is 0.140. The molecule has 2 saturated heterocycles. The van der Waals surface area contributed by atoms with Crippen molar-refractivity contribution in [2.45, 2.75) is 31.9 Å². The molecule has 15 heavy (non-hydrogen) atoms. The summed E-state index contributed by atoms with van der Waals surface area (Å²) in [6, 6.07) is 0. The first-order valence-corrected chi connectivity index (χ1v) is 5.78. The molecule has 0 spiro atoms. The van der Waals surface area contributed by atoms with Crippen LogP contribution in [0, 0.1) is 5.92 Å². The van der Waals surface area contributed by atoms with Crippen LogP contribution in [-0.4, -0.2) is 43.3 Å². The molecule has 90 valence electrons. The zero-order chi connectivity index (χ0) is 10.0. The van der Waals surface area contributed by atoms with Gasteiger partial charge in [0.2, 0.25) is 0 Å². The van der Waals surface area contributed by atoms with Crippen molar-refractivity contribution >= 4 is 12.4 Å². The predicted octanol–water partition coefficient (Wildman–Crippen LogP) is 1.84. The minimum absolute atomic E-state index is 0. The second-order valence-corrected chi connectivity index (χ2v) is 5.09. The summed E-state index contributed by atoms with van der Waals surface area (Å²) < 4.78 is 13.6. The van der Waals surface area contributed by atoms with Crippen molar-refractivity contribution in [1.82, 2.24) is 10.2 Å². The first kappa shape index (κ1) is 13.2. The van der Waals surface area contributed by atoms with E-state index in [2.05, 4.69) is 10.2 Å². The Morgan fingerprint density at radius 2 is 2.07 bits per heavy atom. The summed E-state index contributed by atoms with van der Waals surface area (Å²) in [5, 5.41) is 3.36. The van der Waals surface area contributed by atoms with Crippen molar-refractivity contribution in [1.29, 1.82) is 0 Å². The minimum Gasteiger partial charge on any atom is -0.317 e. The van der Waals surface area contributed by atoms with E-state index in [9.17, 15) is 4.39 Å². The maximum atomic E-state index is 13.6. The highest BCUT2D eigenvalue weighted by Gasteiger charge is 2.34. The van der Waals surface area contributed by atoms with E-state index in [1.807, 2.05) is 0 Å². The second kappa shape index (κ2) is 5.46. The van der Waals surface area contributed by atoms with Gasteiger partial charge in [0.1, 0.15) is 5.67 Å². The molecule has 2 aliphatic rings. The summed E-state index contributed by atoms with van der Waals surface area (Å²) in [5.74, 6) is 0.796. The fourth-order valence-electron chi connectivity index (χ4n) is 2.60. The highest BCUT2D eigenvalue weighted by Crippen LogP contribution is 2.26. The van der Waals surface area contributed by atoms with Crippen LogP contribution in [-0.2, 0) is 0 Å². The van der Waals surface area contributed by atoms with E-state index >= 15 is 0 Å². The average molecular weight is 237 g/mol. The Morgan fingerprint density at radius 3 is 2.60 bits per heavy atom. The van der Waals surface area contributed by atoms with E-state index in [0.717, 1.165) is 38.5 Å². The molecular weight excluding hydrogens is 215 g/mol. The van der Waals surface area contributed by atoms with Crippen LogP contribution in [0.3, 0.4) is 0 Å². The largest absolute Gasteiger partial charge is 0.317 e. The zero-order valence-corrected chi connectivity index (χ0v) is 10.3. The van der Waals surface area contributed by atoms with Gasteiger partial charge in [0.15, 0.2) is 0 Å². The van der Waals surface area contributed by atoms with E-state index in [1.54, 1.807) is 6.92 Å². The lowest BCUT2D eigenvalue weighted by molar-refractivity contribution is 0.172. The van der Waals surface area contributed by atoms with Gasteiger partial charge >= 0.3 is 0 Å². The molecule has 1 atom stereocenters. The van der Waals surface area contributed by atoms with E-state index < -0.39 is 5.67 Å². The molecule has 4 heteroatoms. The van der Waals surface area contributed by atoms with Crippen LogP contribution in [0.2, 0.25) is 0 Å². The van der Waals surface area contributed by atoms with Gasteiger partial charge in [-0.3, -0.25) is 4.90 Å². The molecule has 0 saturated carbocycles. The van der Waals surface area contributed by atoms with Crippen LogP contribution in [0.5, 0.6) is 0 Å². The molecule has 0 bridgehead atoms. The topological polar surface area (TPSA) is 15.3 Å². The van der Waals surface area contributed by atoms with Crippen LogP contribution >= 0.6 is 12.4 Å². The van der Waals surface area contributed by atoms with Crippen LogP contribution < -0.4 is 5.32 Å². The van der Waals surface area contributed by atoms with Crippen LogP contribution in [0.25, 0.3) is 0 Å². The minimum atomic E-state index is -0.924. The maximum Gasteiger partial charge on any atom is 0.122 e. The van der Waals surface area contributed by atoms with Crippen molar-refractivity contribution in [3.8, 4) is 0 Å². The molecule has 0 radical (unpaired) electrons. The van der Waals surface area contributed by atoms with Crippen LogP contribution in [0.1, 0.15) is 26.2 Å². The Bertz CT molecular complexity index is 193. The predicted molar refractivity (Wildman–Crippen MR) is 63.4 cm³/mol. The molecule has 1 N–H and O–H groups in total. The van der Waals surface area contributed by atoms with Crippen molar-refractivity contribution in [2.24, 2.45) is 5.92 Å². The summed E-state index contributed by atoms with van der Waals surface area (Å²) in [4.78, 5) is 2.30. The van der Waals surface area contributed by atoms with Gasteiger partial charge in [-0.05, 0) is 45.2 Å². The summed E-state index contributed by atoms with van der Waals surface area (Å²) in [7, 11) is 0. The lowest BCUT2D eigenvalue weighted by Gasteiger charge is -2.27.